The Morgan fingerprint density at radius 2 is 1.69 bits per heavy atom. The lowest BCUT2D eigenvalue weighted by molar-refractivity contribution is -0.208. The van der Waals surface area contributed by atoms with E-state index in [4.69, 9.17) is 0 Å². The maximum atomic E-state index is 12.5. The Labute approximate surface area is 151 Å². The van der Waals surface area contributed by atoms with Gasteiger partial charge in [-0.1, -0.05) is 0 Å². The number of hydrogen-bond donors (Lipinski definition) is 1. The molecule has 1 saturated carbocycles. The molecular weight excluding hydrogens is 347 g/mol. The standard InChI is InChI=1S/C17H26F3N5O/c1-23(2)15-9-16(22-11-21-15)25(12-3-4-12)13-5-7-24(8-6-13)10-14(26)17(18,19)20/h9,11-14,26H,3-8,10H2,1-2H3. The number of nitrogens with zero attached hydrogens (tertiary/aromatic N) is 5. The maximum absolute atomic E-state index is 12.5. The largest absolute Gasteiger partial charge is 0.415 e. The number of aliphatic hydroxyl groups is 1. The molecule has 1 aliphatic heterocycles. The number of halogens is 3. The fraction of sp³-hybridized carbons (Fsp3) is 0.765. The number of rotatable bonds is 6. The van der Waals surface area contributed by atoms with Gasteiger partial charge in [0.1, 0.15) is 18.0 Å². The van der Waals surface area contributed by atoms with Gasteiger partial charge in [-0.15, -0.1) is 0 Å². The number of likely N-dealkylation sites (tertiary alicyclic amines) is 1. The zero-order valence-corrected chi connectivity index (χ0v) is 15.2. The van der Waals surface area contributed by atoms with Gasteiger partial charge in [0, 0.05) is 51.9 Å². The van der Waals surface area contributed by atoms with Gasteiger partial charge in [0.2, 0.25) is 0 Å². The molecule has 2 fully saturated rings. The van der Waals surface area contributed by atoms with Crippen molar-refractivity contribution < 1.29 is 18.3 Å². The molecule has 1 aromatic rings. The minimum absolute atomic E-state index is 0.256. The summed E-state index contributed by atoms with van der Waals surface area (Å²) in [5.41, 5.74) is 0. The average molecular weight is 373 g/mol. The van der Waals surface area contributed by atoms with Crippen LogP contribution in [0.3, 0.4) is 0 Å². The number of piperidine rings is 1. The number of aliphatic hydroxyl groups excluding tert-OH is 1. The second-order valence-electron chi connectivity index (χ2n) is 7.36. The summed E-state index contributed by atoms with van der Waals surface area (Å²) in [5.74, 6) is 1.73. The molecule has 1 aliphatic carbocycles. The third-order valence-corrected chi connectivity index (χ3v) is 5.06. The molecule has 1 N–H and O–H groups in total. The molecule has 1 atom stereocenters. The summed E-state index contributed by atoms with van der Waals surface area (Å²) in [7, 11) is 3.86. The van der Waals surface area contributed by atoms with Crippen molar-refractivity contribution in [2.75, 3.05) is 43.5 Å². The highest BCUT2D eigenvalue weighted by Crippen LogP contribution is 2.36. The van der Waals surface area contributed by atoms with E-state index in [1.165, 1.54) is 0 Å². The number of aromatic nitrogens is 2. The molecule has 3 rings (SSSR count). The van der Waals surface area contributed by atoms with Crippen LogP contribution in [0.2, 0.25) is 0 Å². The van der Waals surface area contributed by atoms with Gasteiger partial charge in [0.15, 0.2) is 6.10 Å². The minimum atomic E-state index is -4.56. The van der Waals surface area contributed by atoms with Gasteiger partial charge in [-0.05, 0) is 25.7 Å². The van der Waals surface area contributed by atoms with E-state index < -0.39 is 12.3 Å². The molecule has 26 heavy (non-hydrogen) atoms. The van der Waals surface area contributed by atoms with Crippen molar-refractivity contribution in [2.45, 2.75) is 50.0 Å². The first-order valence-corrected chi connectivity index (χ1v) is 9.00. The molecule has 146 valence electrons. The molecule has 2 aliphatic rings. The third-order valence-electron chi connectivity index (χ3n) is 5.06. The van der Waals surface area contributed by atoms with Crippen molar-refractivity contribution in [2.24, 2.45) is 0 Å². The SMILES string of the molecule is CN(C)c1cc(N(C2CC2)C2CCN(CC(O)C(F)(F)F)CC2)ncn1. The summed E-state index contributed by atoms with van der Waals surface area (Å²) in [4.78, 5) is 14.7. The molecule has 9 heteroatoms. The van der Waals surface area contributed by atoms with Crippen LogP contribution in [0.1, 0.15) is 25.7 Å². The Morgan fingerprint density at radius 1 is 1.12 bits per heavy atom. The molecule has 0 bridgehead atoms. The molecule has 0 spiro atoms. The first kappa shape index (κ1) is 19.2. The zero-order chi connectivity index (χ0) is 18.9. The highest BCUT2D eigenvalue weighted by atomic mass is 19.4. The lowest BCUT2D eigenvalue weighted by Crippen LogP contribution is -2.49. The van der Waals surface area contributed by atoms with Gasteiger partial charge in [-0.2, -0.15) is 13.2 Å². The van der Waals surface area contributed by atoms with Gasteiger partial charge in [-0.3, -0.25) is 0 Å². The van der Waals surface area contributed by atoms with E-state index in [1.54, 1.807) is 11.2 Å². The Hall–Kier alpha value is -1.61. The summed E-state index contributed by atoms with van der Waals surface area (Å²) in [6.07, 6.45) is -1.49. The second-order valence-corrected chi connectivity index (χ2v) is 7.36. The summed E-state index contributed by atoms with van der Waals surface area (Å²) < 4.78 is 37.6. The Kier molecular flexibility index (Phi) is 5.57. The van der Waals surface area contributed by atoms with Gasteiger partial charge >= 0.3 is 6.18 Å². The van der Waals surface area contributed by atoms with Gasteiger partial charge in [-0.25, -0.2) is 9.97 Å². The molecule has 0 amide bonds. The minimum Gasteiger partial charge on any atom is -0.382 e. The monoisotopic (exact) mass is 373 g/mol. The molecule has 0 aromatic carbocycles. The van der Waals surface area contributed by atoms with E-state index in [-0.39, 0.29) is 12.6 Å². The Morgan fingerprint density at radius 3 is 2.23 bits per heavy atom. The van der Waals surface area contributed by atoms with Gasteiger partial charge in [0.05, 0.1) is 0 Å². The summed E-state index contributed by atoms with van der Waals surface area (Å²) >= 11 is 0. The quantitative estimate of drug-likeness (QED) is 0.822. The lowest BCUT2D eigenvalue weighted by atomic mass is 10.0. The van der Waals surface area contributed by atoms with Crippen molar-refractivity contribution in [1.29, 1.82) is 0 Å². The first-order valence-electron chi connectivity index (χ1n) is 9.00. The van der Waals surface area contributed by atoms with Crippen LogP contribution in [0.15, 0.2) is 12.4 Å². The summed E-state index contributed by atoms with van der Waals surface area (Å²) in [6.45, 7) is 0.747. The number of alkyl halides is 3. The predicted octanol–water partition coefficient (Wildman–Crippen LogP) is 1.90. The molecule has 0 radical (unpaired) electrons. The van der Waals surface area contributed by atoms with Gasteiger partial charge in [0.25, 0.3) is 0 Å². The molecule has 1 unspecified atom stereocenters. The fourth-order valence-corrected chi connectivity index (χ4v) is 3.48. The van der Waals surface area contributed by atoms with Crippen LogP contribution in [-0.4, -0.2) is 78.1 Å². The van der Waals surface area contributed by atoms with E-state index in [2.05, 4.69) is 14.9 Å². The number of β-amino-alcohol motifs (C(OH)–C–C–N with tert-alkyl or cyclic N) is 1. The van der Waals surface area contributed by atoms with E-state index in [1.807, 2.05) is 25.1 Å². The smallest absolute Gasteiger partial charge is 0.382 e. The third kappa shape index (κ3) is 4.56. The normalized spacial score (nSPS) is 20.8. The van der Waals surface area contributed by atoms with Crippen molar-refractivity contribution in [3.63, 3.8) is 0 Å². The van der Waals surface area contributed by atoms with E-state index in [9.17, 15) is 18.3 Å². The number of anilines is 2. The van der Waals surface area contributed by atoms with Crippen LogP contribution in [0, 0.1) is 0 Å². The molecule has 1 saturated heterocycles. The van der Waals surface area contributed by atoms with Crippen LogP contribution in [-0.2, 0) is 0 Å². The van der Waals surface area contributed by atoms with Crippen LogP contribution in [0.4, 0.5) is 24.8 Å². The Balaban J connectivity index is 1.64. The van der Waals surface area contributed by atoms with Crippen molar-refractivity contribution in [3.8, 4) is 0 Å². The van der Waals surface area contributed by atoms with Crippen molar-refractivity contribution in [1.82, 2.24) is 14.9 Å². The highest BCUT2D eigenvalue weighted by molar-refractivity contribution is 5.51. The molecule has 1 aromatic heterocycles. The topological polar surface area (TPSA) is 55.7 Å². The van der Waals surface area contributed by atoms with Crippen LogP contribution >= 0.6 is 0 Å². The van der Waals surface area contributed by atoms with Crippen LogP contribution < -0.4 is 9.80 Å². The van der Waals surface area contributed by atoms with E-state index >= 15 is 0 Å². The molecular formula is C17H26F3N5O. The summed E-state index contributed by atoms with van der Waals surface area (Å²) in [6, 6.07) is 2.68. The van der Waals surface area contributed by atoms with Crippen LogP contribution in [0.5, 0.6) is 0 Å². The first-order chi connectivity index (χ1) is 12.3. The summed E-state index contributed by atoms with van der Waals surface area (Å²) in [5, 5.41) is 9.27. The highest BCUT2D eigenvalue weighted by Gasteiger charge is 2.41. The fourth-order valence-electron chi connectivity index (χ4n) is 3.48. The molecule has 6 nitrogen and oxygen atoms in total. The van der Waals surface area contributed by atoms with E-state index in [0.717, 1.165) is 37.3 Å². The van der Waals surface area contributed by atoms with Crippen molar-refractivity contribution in [3.05, 3.63) is 12.4 Å². The average Bonchev–Trinajstić information content (AvgIpc) is 3.41. The van der Waals surface area contributed by atoms with Crippen molar-refractivity contribution >= 4 is 11.6 Å². The lowest BCUT2D eigenvalue weighted by Gasteiger charge is -2.40. The zero-order valence-electron chi connectivity index (χ0n) is 15.2. The number of hydrogen-bond acceptors (Lipinski definition) is 6. The molecule has 2 heterocycles. The van der Waals surface area contributed by atoms with E-state index in [0.29, 0.717) is 19.1 Å². The Bertz CT molecular complexity index is 600. The predicted molar refractivity (Wildman–Crippen MR) is 93.4 cm³/mol. The second kappa shape index (κ2) is 7.56. The van der Waals surface area contributed by atoms with Crippen LogP contribution in [0.25, 0.3) is 0 Å². The maximum Gasteiger partial charge on any atom is 0.415 e. The van der Waals surface area contributed by atoms with Gasteiger partial charge < -0.3 is 19.8 Å².